The monoisotopic (exact) mass is 235 g/mol. The quantitative estimate of drug-likeness (QED) is 0.756. The van der Waals surface area contributed by atoms with E-state index in [-0.39, 0.29) is 10.4 Å². The van der Waals surface area contributed by atoms with Crippen molar-refractivity contribution in [2.45, 2.75) is 16.8 Å². The van der Waals surface area contributed by atoms with Gasteiger partial charge in [0.1, 0.15) is 0 Å². The van der Waals surface area contributed by atoms with Gasteiger partial charge >= 0.3 is 0 Å². The molecule has 1 aromatic heterocycles. The van der Waals surface area contributed by atoms with E-state index in [4.69, 9.17) is 11.6 Å². The van der Waals surface area contributed by atoms with Crippen molar-refractivity contribution in [2.24, 2.45) is 0 Å². The van der Waals surface area contributed by atoms with Crippen LogP contribution in [0, 0.1) is 0 Å². The lowest BCUT2D eigenvalue weighted by molar-refractivity contribution is 0.474. The number of aromatic amines is 1. The minimum atomic E-state index is -3.40. The molecule has 0 saturated carbocycles. The number of hydrogen-bond acceptors (Lipinski definition) is 3. The number of sulfonamides is 1. The summed E-state index contributed by atoms with van der Waals surface area (Å²) in [6.07, 6.45) is 2.12. The summed E-state index contributed by atoms with van der Waals surface area (Å²) in [7, 11) is -3.40. The minimum Gasteiger partial charge on any atom is -0.266 e. The molecular formula is C7H10ClN3O2S. The topological polar surface area (TPSA) is 66.1 Å². The molecule has 0 amide bonds. The predicted octanol–water partition coefficient (Wildman–Crippen LogP) is 0.412. The predicted molar refractivity (Wildman–Crippen MR) is 51.6 cm³/mol. The van der Waals surface area contributed by atoms with Crippen LogP contribution in [0.15, 0.2) is 17.3 Å². The lowest BCUT2D eigenvalue weighted by atomic mass is 10.4. The molecule has 1 aliphatic rings. The van der Waals surface area contributed by atoms with Crippen LogP contribution in [0.2, 0.25) is 0 Å². The number of aromatic nitrogens is 2. The van der Waals surface area contributed by atoms with Gasteiger partial charge in [-0.25, -0.2) is 8.42 Å². The fraction of sp³-hybridized carbons (Fsp3) is 0.571. The van der Waals surface area contributed by atoms with Crippen molar-refractivity contribution in [1.29, 1.82) is 0 Å². The van der Waals surface area contributed by atoms with Crippen molar-refractivity contribution in [2.75, 3.05) is 13.1 Å². The SMILES string of the molecule is O=S(=O)(c1ccn[nH]1)N1CCC(Cl)C1. The smallest absolute Gasteiger partial charge is 0.260 e. The van der Waals surface area contributed by atoms with Crippen molar-refractivity contribution in [3.63, 3.8) is 0 Å². The molecule has 1 aliphatic heterocycles. The van der Waals surface area contributed by atoms with E-state index in [1.165, 1.54) is 16.6 Å². The maximum Gasteiger partial charge on any atom is 0.260 e. The largest absolute Gasteiger partial charge is 0.266 e. The van der Waals surface area contributed by atoms with E-state index in [9.17, 15) is 8.42 Å². The highest BCUT2D eigenvalue weighted by molar-refractivity contribution is 7.89. The molecule has 1 N–H and O–H groups in total. The molecule has 0 spiro atoms. The van der Waals surface area contributed by atoms with Crippen LogP contribution >= 0.6 is 11.6 Å². The van der Waals surface area contributed by atoms with Gasteiger partial charge in [-0.3, -0.25) is 5.10 Å². The normalized spacial score (nSPS) is 24.2. The molecular weight excluding hydrogens is 226 g/mol. The van der Waals surface area contributed by atoms with Crippen molar-refractivity contribution in [1.82, 2.24) is 14.5 Å². The molecule has 1 fully saturated rings. The van der Waals surface area contributed by atoms with Crippen LogP contribution in [0.3, 0.4) is 0 Å². The second-order valence-corrected chi connectivity index (χ2v) is 5.69. The number of alkyl halides is 1. The summed E-state index contributed by atoms with van der Waals surface area (Å²) >= 11 is 5.84. The van der Waals surface area contributed by atoms with E-state index in [1.807, 2.05) is 0 Å². The van der Waals surface area contributed by atoms with Gasteiger partial charge in [0.15, 0.2) is 5.03 Å². The Morgan fingerprint density at radius 2 is 2.43 bits per heavy atom. The molecule has 1 unspecified atom stereocenters. The average Bonchev–Trinajstić information content (AvgIpc) is 2.72. The summed E-state index contributed by atoms with van der Waals surface area (Å²) in [5.74, 6) is 0. The van der Waals surface area contributed by atoms with Crippen molar-refractivity contribution in [3.05, 3.63) is 12.3 Å². The molecule has 2 rings (SSSR count). The zero-order valence-corrected chi connectivity index (χ0v) is 8.92. The molecule has 7 heteroatoms. The van der Waals surface area contributed by atoms with E-state index in [0.717, 1.165) is 0 Å². The van der Waals surface area contributed by atoms with E-state index < -0.39 is 10.0 Å². The van der Waals surface area contributed by atoms with Crippen LogP contribution in [0.25, 0.3) is 0 Å². The van der Waals surface area contributed by atoms with Gasteiger partial charge in [-0.15, -0.1) is 11.6 Å². The highest BCUT2D eigenvalue weighted by atomic mass is 35.5. The Kier molecular flexibility index (Phi) is 2.50. The maximum atomic E-state index is 11.8. The lowest BCUT2D eigenvalue weighted by Gasteiger charge is -2.13. The Bertz CT molecular complexity index is 403. The Morgan fingerprint density at radius 3 is 2.93 bits per heavy atom. The van der Waals surface area contributed by atoms with E-state index >= 15 is 0 Å². The molecule has 0 bridgehead atoms. The zero-order chi connectivity index (χ0) is 10.2. The van der Waals surface area contributed by atoms with E-state index in [2.05, 4.69) is 10.2 Å². The number of hydrogen-bond donors (Lipinski definition) is 1. The molecule has 1 saturated heterocycles. The van der Waals surface area contributed by atoms with Gasteiger partial charge in [0, 0.05) is 18.5 Å². The van der Waals surface area contributed by atoms with E-state index in [0.29, 0.717) is 19.5 Å². The summed E-state index contributed by atoms with van der Waals surface area (Å²) in [5.41, 5.74) is 0. The Morgan fingerprint density at radius 1 is 1.64 bits per heavy atom. The fourth-order valence-electron chi connectivity index (χ4n) is 1.43. The standard InChI is InChI=1S/C7H10ClN3O2S/c8-6-2-4-11(5-6)14(12,13)7-1-3-9-10-7/h1,3,6H,2,4-5H2,(H,9,10). The fourth-order valence-corrected chi connectivity index (χ4v) is 3.18. The minimum absolute atomic E-state index is 0.0762. The van der Waals surface area contributed by atoms with Gasteiger partial charge < -0.3 is 0 Å². The summed E-state index contributed by atoms with van der Waals surface area (Å²) in [6.45, 7) is 0.860. The van der Waals surface area contributed by atoms with Crippen LogP contribution in [-0.4, -0.2) is 41.4 Å². The Balaban J connectivity index is 2.26. The zero-order valence-electron chi connectivity index (χ0n) is 7.35. The first-order valence-electron chi connectivity index (χ1n) is 4.24. The van der Waals surface area contributed by atoms with Crippen LogP contribution in [0.4, 0.5) is 0 Å². The summed E-state index contributed by atoms with van der Waals surface area (Å²) in [4.78, 5) is 0. The second kappa shape index (κ2) is 3.52. The third-order valence-corrected chi connectivity index (χ3v) is 4.34. The molecule has 5 nitrogen and oxygen atoms in total. The van der Waals surface area contributed by atoms with Crippen molar-refractivity contribution >= 4 is 21.6 Å². The first kappa shape index (κ1) is 9.95. The highest BCUT2D eigenvalue weighted by Crippen LogP contribution is 2.21. The third-order valence-electron chi connectivity index (χ3n) is 2.19. The maximum absolute atomic E-state index is 11.8. The van der Waals surface area contributed by atoms with Crippen LogP contribution in [0.5, 0.6) is 0 Å². The molecule has 14 heavy (non-hydrogen) atoms. The summed E-state index contributed by atoms with van der Waals surface area (Å²) < 4.78 is 25.0. The van der Waals surface area contributed by atoms with Gasteiger partial charge in [-0.05, 0) is 12.5 Å². The molecule has 2 heterocycles. The van der Waals surface area contributed by atoms with Gasteiger partial charge in [-0.1, -0.05) is 0 Å². The van der Waals surface area contributed by atoms with Gasteiger partial charge in [0.25, 0.3) is 10.0 Å². The van der Waals surface area contributed by atoms with Crippen LogP contribution in [0.1, 0.15) is 6.42 Å². The lowest BCUT2D eigenvalue weighted by Crippen LogP contribution is -2.29. The Labute approximate surface area is 87.1 Å². The highest BCUT2D eigenvalue weighted by Gasteiger charge is 2.32. The number of halogens is 1. The Hall–Kier alpha value is -0.590. The van der Waals surface area contributed by atoms with Gasteiger partial charge in [0.2, 0.25) is 0 Å². The second-order valence-electron chi connectivity index (χ2n) is 3.17. The van der Waals surface area contributed by atoms with Gasteiger partial charge in [0.05, 0.1) is 6.20 Å². The molecule has 0 radical (unpaired) electrons. The molecule has 0 aliphatic carbocycles. The van der Waals surface area contributed by atoms with Crippen molar-refractivity contribution in [3.8, 4) is 0 Å². The number of nitrogens with one attached hydrogen (secondary N) is 1. The summed E-state index contributed by atoms with van der Waals surface area (Å²) in [6, 6.07) is 1.44. The van der Waals surface area contributed by atoms with Crippen LogP contribution < -0.4 is 0 Å². The third kappa shape index (κ3) is 1.65. The average molecular weight is 236 g/mol. The first-order chi connectivity index (χ1) is 6.60. The first-order valence-corrected chi connectivity index (χ1v) is 6.12. The molecule has 1 atom stereocenters. The van der Waals surface area contributed by atoms with Crippen molar-refractivity contribution < 1.29 is 8.42 Å². The number of H-pyrrole nitrogens is 1. The van der Waals surface area contributed by atoms with Gasteiger partial charge in [-0.2, -0.15) is 9.40 Å². The summed E-state index contributed by atoms with van der Waals surface area (Å²) in [5, 5.41) is 6.11. The number of nitrogens with zero attached hydrogens (tertiary/aromatic N) is 2. The van der Waals surface area contributed by atoms with Crippen LogP contribution in [-0.2, 0) is 10.0 Å². The van der Waals surface area contributed by atoms with E-state index in [1.54, 1.807) is 0 Å². The number of rotatable bonds is 2. The molecule has 0 aromatic carbocycles. The molecule has 78 valence electrons. The molecule has 1 aromatic rings.